The van der Waals surface area contributed by atoms with E-state index < -0.39 is 0 Å². The molecule has 1 unspecified atom stereocenters. The lowest BCUT2D eigenvalue weighted by molar-refractivity contribution is 0.604. The van der Waals surface area contributed by atoms with Gasteiger partial charge < -0.3 is 10.6 Å². The van der Waals surface area contributed by atoms with Crippen molar-refractivity contribution in [3.63, 3.8) is 0 Å². The van der Waals surface area contributed by atoms with E-state index in [0.717, 1.165) is 13.0 Å². The van der Waals surface area contributed by atoms with Crippen molar-refractivity contribution in [2.24, 2.45) is 0 Å². The van der Waals surface area contributed by atoms with Crippen LogP contribution in [0.25, 0.3) is 0 Å². The first kappa shape index (κ1) is 14.0. The van der Waals surface area contributed by atoms with Crippen LogP contribution >= 0.6 is 0 Å². The highest BCUT2D eigenvalue weighted by Crippen LogP contribution is 2.19. The van der Waals surface area contributed by atoms with E-state index in [1.807, 2.05) is 7.05 Å². The Morgan fingerprint density at radius 3 is 2.59 bits per heavy atom. The van der Waals surface area contributed by atoms with E-state index in [0.29, 0.717) is 6.04 Å². The summed E-state index contributed by atoms with van der Waals surface area (Å²) in [4.78, 5) is 0. The summed E-state index contributed by atoms with van der Waals surface area (Å²) in [5, 5.41) is 6.89. The third-order valence-corrected chi connectivity index (χ3v) is 3.13. The van der Waals surface area contributed by atoms with Crippen LogP contribution < -0.4 is 10.6 Å². The maximum absolute atomic E-state index is 3.68. The average molecular weight is 234 g/mol. The Kier molecular flexibility index (Phi) is 6.71. The predicted octanol–water partition coefficient (Wildman–Crippen LogP) is 3.44. The highest BCUT2D eigenvalue weighted by atomic mass is 14.9. The molecule has 96 valence electrons. The smallest absolute Gasteiger partial charge is 0.0374 e. The van der Waals surface area contributed by atoms with Crippen molar-refractivity contribution in [1.29, 1.82) is 0 Å². The average Bonchev–Trinajstić information content (AvgIpc) is 2.36. The Bertz CT molecular complexity index is 310. The van der Waals surface area contributed by atoms with E-state index in [9.17, 15) is 0 Å². The van der Waals surface area contributed by atoms with E-state index in [-0.39, 0.29) is 0 Å². The van der Waals surface area contributed by atoms with Crippen LogP contribution in [0.5, 0.6) is 0 Å². The minimum absolute atomic E-state index is 0.570. The second-order valence-corrected chi connectivity index (χ2v) is 4.55. The summed E-state index contributed by atoms with van der Waals surface area (Å²) in [5.41, 5.74) is 2.76. The predicted molar refractivity (Wildman–Crippen MR) is 76.7 cm³/mol. The standard InChI is InChI=1S/C15H26N2/c1-4-8-13-9-6-7-10-15(13)17-14(5-2)11-12-16-3/h6-7,9-10,14,16-17H,4-5,8,11-12H2,1-3H3. The Labute approximate surface area is 106 Å². The van der Waals surface area contributed by atoms with Crippen molar-refractivity contribution in [3.05, 3.63) is 29.8 Å². The number of aryl methyl sites for hydroxylation is 1. The number of anilines is 1. The van der Waals surface area contributed by atoms with Gasteiger partial charge in [-0.1, -0.05) is 38.5 Å². The minimum atomic E-state index is 0.570. The molecule has 2 heteroatoms. The van der Waals surface area contributed by atoms with Crippen molar-refractivity contribution in [1.82, 2.24) is 5.32 Å². The number of benzene rings is 1. The molecule has 0 bridgehead atoms. The van der Waals surface area contributed by atoms with Gasteiger partial charge in [0.05, 0.1) is 0 Å². The zero-order valence-electron chi connectivity index (χ0n) is 11.4. The van der Waals surface area contributed by atoms with E-state index in [1.54, 1.807) is 0 Å². The van der Waals surface area contributed by atoms with Gasteiger partial charge in [-0.05, 0) is 44.5 Å². The lowest BCUT2D eigenvalue weighted by Crippen LogP contribution is -2.24. The van der Waals surface area contributed by atoms with E-state index >= 15 is 0 Å². The summed E-state index contributed by atoms with van der Waals surface area (Å²) >= 11 is 0. The van der Waals surface area contributed by atoms with E-state index in [1.165, 1.54) is 30.5 Å². The normalized spacial score (nSPS) is 12.4. The SMILES string of the molecule is CCCc1ccccc1NC(CC)CCNC. The minimum Gasteiger partial charge on any atom is -0.382 e. The van der Waals surface area contributed by atoms with E-state index in [2.05, 4.69) is 48.7 Å². The number of rotatable bonds is 8. The van der Waals surface area contributed by atoms with Gasteiger partial charge in [0, 0.05) is 11.7 Å². The van der Waals surface area contributed by atoms with Gasteiger partial charge in [0.1, 0.15) is 0 Å². The zero-order chi connectivity index (χ0) is 12.5. The molecule has 17 heavy (non-hydrogen) atoms. The van der Waals surface area contributed by atoms with Gasteiger partial charge in [-0.3, -0.25) is 0 Å². The Balaban J connectivity index is 2.64. The summed E-state index contributed by atoms with van der Waals surface area (Å²) in [7, 11) is 2.01. The van der Waals surface area contributed by atoms with Gasteiger partial charge in [-0.15, -0.1) is 0 Å². The Morgan fingerprint density at radius 2 is 1.94 bits per heavy atom. The molecule has 1 rings (SSSR count). The molecular weight excluding hydrogens is 208 g/mol. The second kappa shape index (κ2) is 8.13. The Hall–Kier alpha value is -1.02. The number of hydrogen-bond acceptors (Lipinski definition) is 2. The lowest BCUT2D eigenvalue weighted by atomic mass is 10.1. The van der Waals surface area contributed by atoms with Crippen molar-refractivity contribution in [2.45, 2.75) is 45.6 Å². The first-order chi connectivity index (χ1) is 8.31. The van der Waals surface area contributed by atoms with Gasteiger partial charge >= 0.3 is 0 Å². The van der Waals surface area contributed by atoms with Crippen LogP contribution in [-0.2, 0) is 6.42 Å². The van der Waals surface area contributed by atoms with Crippen molar-refractivity contribution in [3.8, 4) is 0 Å². The van der Waals surface area contributed by atoms with Crippen LogP contribution in [0.1, 0.15) is 38.7 Å². The molecule has 1 atom stereocenters. The van der Waals surface area contributed by atoms with Crippen LogP contribution in [0.2, 0.25) is 0 Å². The molecule has 0 aliphatic carbocycles. The molecule has 0 spiro atoms. The molecule has 0 aromatic heterocycles. The molecule has 2 N–H and O–H groups in total. The maximum atomic E-state index is 3.68. The third-order valence-electron chi connectivity index (χ3n) is 3.13. The highest BCUT2D eigenvalue weighted by Gasteiger charge is 2.07. The van der Waals surface area contributed by atoms with Gasteiger partial charge in [0.2, 0.25) is 0 Å². The third kappa shape index (κ3) is 4.78. The molecule has 0 amide bonds. The number of hydrogen-bond donors (Lipinski definition) is 2. The number of para-hydroxylation sites is 1. The van der Waals surface area contributed by atoms with Crippen molar-refractivity contribution >= 4 is 5.69 Å². The topological polar surface area (TPSA) is 24.1 Å². The van der Waals surface area contributed by atoms with Crippen LogP contribution in [0.15, 0.2) is 24.3 Å². The van der Waals surface area contributed by atoms with Crippen LogP contribution in [0.4, 0.5) is 5.69 Å². The van der Waals surface area contributed by atoms with Gasteiger partial charge in [-0.25, -0.2) is 0 Å². The zero-order valence-corrected chi connectivity index (χ0v) is 11.4. The van der Waals surface area contributed by atoms with Gasteiger partial charge in [-0.2, -0.15) is 0 Å². The fourth-order valence-electron chi connectivity index (χ4n) is 2.07. The molecule has 0 radical (unpaired) electrons. The molecule has 1 aromatic carbocycles. The number of nitrogens with one attached hydrogen (secondary N) is 2. The molecule has 0 aliphatic heterocycles. The summed E-state index contributed by atoms with van der Waals surface area (Å²) in [6.45, 7) is 5.55. The lowest BCUT2D eigenvalue weighted by Gasteiger charge is -2.20. The quantitative estimate of drug-likeness (QED) is 0.720. The largest absolute Gasteiger partial charge is 0.382 e. The van der Waals surface area contributed by atoms with Crippen molar-refractivity contribution in [2.75, 3.05) is 18.9 Å². The molecule has 0 heterocycles. The molecular formula is C15H26N2. The first-order valence-corrected chi connectivity index (χ1v) is 6.80. The van der Waals surface area contributed by atoms with Crippen LogP contribution in [0.3, 0.4) is 0 Å². The molecule has 2 nitrogen and oxygen atoms in total. The molecule has 0 saturated heterocycles. The molecule has 1 aromatic rings. The fourth-order valence-corrected chi connectivity index (χ4v) is 2.07. The summed E-state index contributed by atoms with van der Waals surface area (Å²) in [6.07, 6.45) is 4.70. The van der Waals surface area contributed by atoms with E-state index in [4.69, 9.17) is 0 Å². The fraction of sp³-hybridized carbons (Fsp3) is 0.600. The summed E-state index contributed by atoms with van der Waals surface area (Å²) in [6, 6.07) is 9.25. The summed E-state index contributed by atoms with van der Waals surface area (Å²) < 4.78 is 0. The molecule has 0 saturated carbocycles. The first-order valence-electron chi connectivity index (χ1n) is 6.80. The van der Waals surface area contributed by atoms with Crippen LogP contribution in [-0.4, -0.2) is 19.6 Å². The highest BCUT2D eigenvalue weighted by molar-refractivity contribution is 5.51. The monoisotopic (exact) mass is 234 g/mol. The van der Waals surface area contributed by atoms with Gasteiger partial charge in [0.25, 0.3) is 0 Å². The summed E-state index contributed by atoms with van der Waals surface area (Å²) in [5.74, 6) is 0. The Morgan fingerprint density at radius 1 is 1.18 bits per heavy atom. The van der Waals surface area contributed by atoms with Crippen LogP contribution in [0, 0.1) is 0 Å². The van der Waals surface area contributed by atoms with Gasteiger partial charge in [0.15, 0.2) is 0 Å². The maximum Gasteiger partial charge on any atom is 0.0374 e. The second-order valence-electron chi connectivity index (χ2n) is 4.55. The van der Waals surface area contributed by atoms with Crippen molar-refractivity contribution < 1.29 is 0 Å². The molecule has 0 aliphatic rings. The molecule has 0 fully saturated rings.